The normalized spacial score (nSPS) is 13.4. The van der Waals surface area contributed by atoms with Crippen LogP contribution in [0.15, 0.2) is 35.7 Å². The molecule has 34 heavy (non-hydrogen) atoms. The lowest BCUT2D eigenvalue weighted by Crippen LogP contribution is -2.30. The van der Waals surface area contributed by atoms with E-state index in [4.69, 9.17) is 18.9 Å². The highest BCUT2D eigenvalue weighted by molar-refractivity contribution is 7.13. The molecule has 2 unspecified atom stereocenters. The molecule has 1 amide bonds. The maximum absolute atomic E-state index is 13.0. The number of hydrogen-bond donors (Lipinski definition) is 1. The molecule has 2 rings (SSSR count). The quantitative estimate of drug-likeness (QED) is 0.379. The van der Waals surface area contributed by atoms with Crippen molar-refractivity contribution in [1.29, 1.82) is 0 Å². The lowest BCUT2D eigenvalue weighted by atomic mass is 9.93. The minimum absolute atomic E-state index is 0.121. The van der Waals surface area contributed by atoms with Crippen LogP contribution in [-0.2, 0) is 23.7 Å². The summed E-state index contributed by atoms with van der Waals surface area (Å²) in [6.45, 7) is 12.2. The number of hydrogen-bond acceptors (Lipinski definition) is 9. The summed E-state index contributed by atoms with van der Waals surface area (Å²) in [6.07, 6.45) is -2.68. The first-order valence-corrected chi connectivity index (χ1v) is 11.7. The Balaban J connectivity index is 2.41. The van der Waals surface area contributed by atoms with Crippen molar-refractivity contribution in [2.24, 2.45) is 0 Å². The molecule has 2 atom stereocenters. The average Bonchev–Trinajstić information content (AvgIpc) is 3.13. The summed E-state index contributed by atoms with van der Waals surface area (Å²) >= 11 is 1.11. The maximum atomic E-state index is 13.0. The van der Waals surface area contributed by atoms with Gasteiger partial charge in [-0.15, -0.1) is 11.3 Å². The molecule has 10 heteroatoms. The number of anilines is 1. The van der Waals surface area contributed by atoms with E-state index in [2.05, 4.69) is 10.3 Å². The Morgan fingerprint density at radius 1 is 1.00 bits per heavy atom. The van der Waals surface area contributed by atoms with E-state index in [1.807, 2.05) is 0 Å². The fourth-order valence-electron chi connectivity index (χ4n) is 2.86. The van der Waals surface area contributed by atoms with Gasteiger partial charge < -0.3 is 18.9 Å². The van der Waals surface area contributed by atoms with Crippen molar-refractivity contribution >= 4 is 34.7 Å². The van der Waals surface area contributed by atoms with Crippen molar-refractivity contribution in [3.05, 3.63) is 47.0 Å². The third-order valence-electron chi connectivity index (χ3n) is 4.03. The van der Waals surface area contributed by atoms with Crippen LogP contribution in [0.2, 0.25) is 0 Å². The van der Waals surface area contributed by atoms with Gasteiger partial charge >= 0.3 is 18.2 Å². The maximum Gasteiger partial charge on any atom is 0.509 e. The number of thiazole rings is 1. The summed E-state index contributed by atoms with van der Waals surface area (Å²) in [7, 11) is 0. The van der Waals surface area contributed by atoms with E-state index in [0.717, 1.165) is 11.3 Å². The number of carbonyl (C=O) groups excluding carboxylic acids is 3. The van der Waals surface area contributed by atoms with Gasteiger partial charge in [-0.05, 0) is 54.0 Å². The van der Waals surface area contributed by atoms with Gasteiger partial charge in [0, 0.05) is 5.38 Å². The van der Waals surface area contributed by atoms with Crippen LogP contribution in [0.25, 0.3) is 0 Å². The fourth-order valence-corrected chi connectivity index (χ4v) is 3.59. The van der Waals surface area contributed by atoms with Gasteiger partial charge in [-0.2, -0.15) is 0 Å². The molecular weight excluding hydrogens is 460 g/mol. The molecule has 2 aromatic rings. The molecule has 186 valence electrons. The average molecular weight is 493 g/mol. The fraction of sp³-hybridized carbons (Fsp3) is 0.500. The Morgan fingerprint density at radius 2 is 1.62 bits per heavy atom. The van der Waals surface area contributed by atoms with Crippen LogP contribution in [0.4, 0.5) is 14.7 Å². The van der Waals surface area contributed by atoms with Crippen LogP contribution < -0.4 is 5.32 Å². The number of carbonyl (C=O) groups is 3. The van der Waals surface area contributed by atoms with E-state index in [-0.39, 0.29) is 17.4 Å². The van der Waals surface area contributed by atoms with Crippen LogP contribution in [0, 0.1) is 0 Å². The van der Waals surface area contributed by atoms with Gasteiger partial charge in [0.05, 0.1) is 12.3 Å². The second kappa shape index (κ2) is 11.3. The molecule has 0 saturated carbocycles. The Morgan fingerprint density at radius 3 is 2.18 bits per heavy atom. The molecule has 0 saturated heterocycles. The molecule has 0 radical (unpaired) electrons. The second-order valence-corrected chi connectivity index (χ2v) is 10.2. The first kappa shape index (κ1) is 27.1. The van der Waals surface area contributed by atoms with Gasteiger partial charge in [0.15, 0.2) is 5.13 Å². The minimum Gasteiger partial charge on any atom is -0.465 e. The van der Waals surface area contributed by atoms with Crippen LogP contribution in [-0.4, -0.2) is 41.0 Å². The predicted octanol–water partition coefficient (Wildman–Crippen LogP) is 5.83. The van der Waals surface area contributed by atoms with Crippen molar-refractivity contribution in [1.82, 2.24) is 4.98 Å². The monoisotopic (exact) mass is 492 g/mol. The molecule has 1 N–H and O–H groups in total. The summed E-state index contributed by atoms with van der Waals surface area (Å²) in [4.78, 5) is 42.1. The third kappa shape index (κ3) is 8.66. The van der Waals surface area contributed by atoms with Crippen molar-refractivity contribution in [2.75, 3.05) is 11.9 Å². The zero-order valence-electron chi connectivity index (χ0n) is 20.5. The summed E-state index contributed by atoms with van der Waals surface area (Å²) in [5.74, 6) is -1.73. The van der Waals surface area contributed by atoms with Gasteiger partial charge in [0.2, 0.25) is 0 Å². The van der Waals surface area contributed by atoms with E-state index in [1.165, 1.54) is 0 Å². The zero-order chi connectivity index (χ0) is 25.5. The van der Waals surface area contributed by atoms with E-state index >= 15 is 0 Å². The predicted molar refractivity (Wildman–Crippen MR) is 128 cm³/mol. The van der Waals surface area contributed by atoms with Crippen LogP contribution in [0.3, 0.4) is 0 Å². The summed E-state index contributed by atoms with van der Waals surface area (Å²) in [5.41, 5.74) is -0.645. The summed E-state index contributed by atoms with van der Waals surface area (Å²) in [5, 5.41) is 4.38. The lowest BCUT2D eigenvalue weighted by molar-refractivity contribution is -0.148. The van der Waals surface area contributed by atoms with Gasteiger partial charge in [-0.25, -0.2) is 14.6 Å². The van der Waals surface area contributed by atoms with Crippen molar-refractivity contribution < 1.29 is 33.3 Å². The lowest BCUT2D eigenvalue weighted by Gasteiger charge is -2.27. The number of nitrogens with one attached hydrogen (secondary N) is 1. The van der Waals surface area contributed by atoms with Crippen LogP contribution in [0.1, 0.15) is 71.7 Å². The zero-order valence-corrected chi connectivity index (χ0v) is 21.4. The van der Waals surface area contributed by atoms with Gasteiger partial charge in [-0.1, -0.05) is 30.3 Å². The van der Waals surface area contributed by atoms with Crippen LogP contribution in [0.5, 0.6) is 0 Å². The molecular formula is C24H32N2O7S. The molecule has 0 bridgehead atoms. The first-order valence-electron chi connectivity index (χ1n) is 10.9. The van der Waals surface area contributed by atoms with E-state index in [9.17, 15) is 14.4 Å². The first-order chi connectivity index (χ1) is 15.8. The Bertz CT molecular complexity index is 977. The highest BCUT2D eigenvalue weighted by Gasteiger charge is 2.38. The number of rotatable bonds is 7. The minimum atomic E-state index is -1.10. The highest BCUT2D eigenvalue weighted by atomic mass is 32.1. The number of nitrogens with zero attached hydrogens (tertiary/aromatic N) is 1. The van der Waals surface area contributed by atoms with Crippen molar-refractivity contribution in [3.63, 3.8) is 0 Å². The molecule has 9 nitrogen and oxygen atoms in total. The highest BCUT2D eigenvalue weighted by Crippen LogP contribution is 2.37. The van der Waals surface area contributed by atoms with Crippen LogP contribution >= 0.6 is 11.3 Å². The summed E-state index contributed by atoms with van der Waals surface area (Å²) < 4.78 is 21.5. The van der Waals surface area contributed by atoms with Crippen molar-refractivity contribution in [3.8, 4) is 0 Å². The Hall–Kier alpha value is -3.14. The Kier molecular flexibility index (Phi) is 9.03. The second-order valence-electron chi connectivity index (χ2n) is 9.35. The number of esters is 1. The molecule has 0 aliphatic heterocycles. The van der Waals surface area contributed by atoms with E-state index in [1.54, 1.807) is 84.2 Å². The number of amides is 1. The smallest absolute Gasteiger partial charge is 0.465 e. The summed E-state index contributed by atoms with van der Waals surface area (Å²) in [6, 6.07) is 8.79. The standard InChI is InChI=1S/C24H32N2O7S/c1-8-30-19(27)17(16-14-34-20(25-16)26-21(28)32-23(2,3)4)18(15-12-10-9-11-13-15)31-22(29)33-24(5,6)7/h9-14,17-18H,8H2,1-7H3,(H,25,26,28). The molecule has 1 aromatic heterocycles. The molecule has 0 aliphatic rings. The molecule has 1 heterocycles. The molecule has 0 fully saturated rings. The topological polar surface area (TPSA) is 113 Å². The molecule has 0 aliphatic carbocycles. The number of aromatic nitrogens is 1. The molecule has 0 spiro atoms. The SMILES string of the molecule is CCOC(=O)C(c1csc(NC(=O)OC(C)(C)C)n1)C(OC(=O)OC(C)(C)C)c1ccccc1. The largest absolute Gasteiger partial charge is 0.509 e. The number of benzene rings is 1. The van der Waals surface area contributed by atoms with Gasteiger partial charge in [-0.3, -0.25) is 10.1 Å². The van der Waals surface area contributed by atoms with E-state index < -0.39 is 41.4 Å². The van der Waals surface area contributed by atoms with Gasteiger partial charge in [0.1, 0.15) is 23.2 Å². The Labute approximate surface area is 203 Å². The molecule has 1 aromatic carbocycles. The third-order valence-corrected chi connectivity index (χ3v) is 4.81. The van der Waals surface area contributed by atoms with E-state index in [0.29, 0.717) is 5.56 Å². The van der Waals surface area contributed by atoms with Gasteiger partial charge in [0.25, 0.3) is 0 Å². The van der Waals surface area contributed by atoms with Crippen molar-refractivity contribution in [2.45, 2.75) is 71.7 Å². The number of ether oxygens (including phenoxy) is 4.